The van der Waals surface area contributed by atoms with Gasteiger partial charge in [0.1, 0.15) is 0 Å². The van der Waals surface area contributed by atoms with E-state index in [-0.39, 0.29) is 0 Å². The molecule has 0 aromatic rings. The summed E-state index contributed by atoms with van der Waals surface area (Å²) in [6, 6.07) is 0. The first-order chi connectivity index (χ1) is 12.3. The average Bonchev–Trinajstić information content (AvgIpc) is 2.63. The van der Waals surface area contributed by atoms with Crippen molar-refractivity contribution in [2.45, 2.75) is 115 Å². The van der Waals surface area contributed by atoms with Gasteiger partial charge in [-0.2, -0.15) is 0 Å². The Morgan fingerprint density at radius 3 is 1.56 bits per heavy atom. The number of nitrogens with zero attached hydrogens (tertiary/aromatic N) is 1. The molecule has 3 fully saturated rings. The number of hydrogen-bond donors (Lipinski definition) is 0. The lowest BCUT2D eigenvalue weighted by molar-refractivity contribution is -0.942. The smallest absolute Gasteiger partial charge is 0.0955 e. The third-order valence-corrected chi connectivity index (χ3v) is 7.50. The van der Waals surface area contributed by atoms with E-state index in [4.69, 9.17) is 11.6 Å². The molecule has 0 aromatic heterocycles. The molecule has 0 N–H and O–H groups in total. The summed E-state index contributed by atoms with van der Waals surface area (Å²) >= 11 is 6.55. The molecule has 0 spiro atoms. The van der Waals surface area contributed by atoms with Gasteiger partial charge in [-0.15, -0.1) is 11.6 Å². The Morgan fingerprint density at radius 2 is 1.12 bits per heavy atom. The summed E-state index contributed by atoms with van der Waals surface area (Å²) < 4.78 is 1.36. The first-order valence-corrected chi connectivity index (χ1v) is 12.2. The number of piperidine rings is 3. The van der Waals surface area contributed by atoms with Gasteiger partial charge in [-0.05, 0) is 18.8 Å². The molecule has 3 aliphatic rings. The highest BCUT2D eigenvalue weighted by Gasteiger charge is 2.44. The van der Waals surface area contributed by atoms with Gasteiger partial charge in [-0.25, -0.2) is 0 Å². The molecule has 0 unspecified atom stereocenters. The number of alkyl halides is 1. The van der Waals surface area contributed by atoms with Crippen LogP contribution in [-0.4, -0.2) is 36.0 Å². The zero-order chi connectivity index (χ0) is 17.8. The molecule has 0 amide bonds. The molecule has 3 heterocycles. The first kappa shape index (κ1) is 21.5. The molecule has 3 rings (SSSR count). The predicted octanol–water partition coefficient (Wildman–Crippen LogP) is 7.32. The van der Waals surface area contributed by atoms with Crippen LogP contribution in [0.25, 0.3) is 0 Å². The van der Waals surface area contributed by atoms with Gasteiger partial charge in [0.2, 0.25) is 0 Å². The van der Waals surface area contributed by atoms with Gasteiger partial charge in [0.15, 0.2) is 0 Å². The minimum atomic E-state index is 0.481. The fraction of sp³-hybridized carbons (Fsp3) is 1.00. The molecule has 3 aliphatic heterocycles. The van der Waals surface area contributed by atoms with Crippen molar-refractivity contribution in [2.75, 3.05) is 26.2 Å². The second-order valence-electron chi connectivity index (χ2n) is 9.14. The maximum Gasteiger partial charge on any atom is 0.0955 e. The van der Waals surface area contributed by atoms with Crippen molar-refractivity contribution in [2.24, 2.45) is 5.92 Å². The van der Waals surface area contributed by atoms with E-state index in [1.165, 1.54) is 133 Å². The predicted molar refractivity (Wildman–Crippen MR) is 112 cm³/mol. The van der Waals surface area contributed by atoms with Crippen molar-refractivity contribution in [3.63, 3.8) is 0 Å². The highest BCUT2D eigenvalue weighted by atomic mass is 35.5. The Hall–Kier alpha value is 0.250. The zero-order valence-corrected chi connectivity index (χ0v) is 17.9. The Balaban J connectivity index is 1.33. The molecule has 0 radical (unpaired) electrons. The number of halogens is 1. The van der Waals surface area contributed by atoms with Crippen LogP contribution in [0.5, 0.6) is 0 Å². The number of rotatable bonds is 15. The van der Waals surface area contributed by atoms with Crippen LogP contribution in [0.4, 0.5) is 0 Å². The highest BCUT2D eigenvalue weighted by Crippen LogP contribution is 2.36. The lowest BCUT2D eigenvalue weighted by Gasteiger charge is -2.51. The highest BCUT2D eigenvalue weighted by molar-refractivity contribution is 6.21. The molecular formula is C23H45ClN+. The standard InChI is InChI=1S/C23H45ClN/c1-2-3-4-5-6-7-8-9-10-11-12-13-14-15-18-25-19-16-22(17-20-25)23(24)21-25/h22-23H,2-21H2,1H3/q+1/t22?,23-,25?/m1/s1. The van der Waals surface area contributed by atoms with Crippen molar-refractivity contribution in [1.82, 2.24) is 0 Å². The minimum Gasteiger partial charge on any atom is -0.322 e. The summed E-state index contributed by atoms with van der Waals surface area (Å²) in [5, 5.41) is 0.481. The van der Waals surface area contributed by atoms with E-state index >= 15 is 0 Å². The molecule has 2 heteroatoms. The van der Waals surface area contributed by atoms with Crippen LogP contribution >= 0.6 is 11.6 Å². The summed E-state index contributed by atoms with van der Waals surface area (Å²) in [5.41, 5.74) is 0. The Labute approximate surface area is 163 Å². The van der Waals surface area contributed by atoms with Gasteiger partial charge in [-0.3, -0.25) is 0 Å². The van der Waals surface area contributed by atoms with Gasteiger partial charge in [0, 0.05) is 12.8 Å². The van der Waals surface area contributed by atoms with E-state index in [1.54, 1.807) is 0 Å². The van der Waals surface area contributed by atoms with E-state index in [0.29, 0.717) is 5.38 Å². The molecule has 2 bridgehead atoms. The largest absolute Gasteiger partial charge is 0.322 e. The SMILES string of the molecule is CCCCCCCCCCCCCCCC[N+]12CCC(CC1)[C@H](Cl)C2. The summed E-state index contributed by atoms with van der Waals surface area (Å²) in [4.78, 5) is 0. The van der Waals surface area contributed by atoms with Crippen LogP contribution in [0.1, 0.15) is 110 Å². The second-order valence-corrected chi connectivity index (χ2v) is 9.71. The third kappa shape index (κ3) is 8.21. The van der Waals surface area contributed by atoms with Crippen LogP contribution in [-0.2, 0) is 0 Å². The van der Waals surface area contributed by atoms with Gasteiger partial charge < -0.3 is 4.48 Å². The van der Waals surface area contributed by atoms with Gasteiger partial charge in [-0.1, -0.05) is 84.0 Å². The number of unbranched alkanes of at least 4 members (excludes halogenated alkanes) is 13. The Kier molecular flexibility index (Phi) is 10.9. The van der Waals surface area contributed by atoms with Crippen LogP contribution in [0.3, 0.4) is 0 Å². The lowest BCUT2D eigenvalue weighted by atomic mass is 9.85. The van der Waals surface area contributed by atoms with Gasteiger partial charge in [0.05, 0.1) is 31.6 Å². The van der Waals surface area contributed by atoms with Crippen molar-refractivity contribution in [1.29, 1.82) is 0 Å². The molecule has 25 heavy (non-hydrogen) atoms. The molecule has 0 aliphatic carbocycles. The maximum atomic E-state index is 6.55. The molecule has 1 nitrogen and oxygen atoms in total. The quantitative estimate of drug-likeness (QED) is 0.161. The monoisotopic (exact) mass is 370 g/mol. The minimum absolute atomic E-state index is 0.481. The maximum absolute atomic E-state index is 6.55. The van der Waals surface area contributed by atoms with Crippen LogP contribution in [0, 0.1) is 5.92 Å². The fourth-order valence-electron chi connectivity index (χ4n) is 5.16. The van der Waals surface area contributed by atoms with E-state index in [9.17, 15) is 0 Å². The van der Waals surface area contributed by atoms with Crippen molar-refractivity contribution >= 4 is 11.6 Å². The van der Waals surface area contributed by atoms with Gasteiger partial charge >= 0.3 is 0 Å². The van der Waals surface area contributed by atoms with Crippen molar-refractivity contribution in [3.8, 4) is 0 Å². The van der Waals surface area contributed by atoms with Crippen LogP contribution < -0.4 is 0 Å². The Bertz CT molecular complexity index is 322. The zero-order valence-electron chi connectivity index (χ0n) is 17.1. The van der Waals surface area contributed by atoms with E-state index in [0.717, 1.165) is 5.92 Å². The lowest BCUT2D eigenvalue weighted by Crippen LogP contribution is -2.62. The topological polar surface area (TPSA) is 0 Å². The fourth-order valence-corrected chi connectivity index (χ4v) is 5.70. The molecule has 0 saturated carbocycles. The average molecular weight is 371 g/mol. The molecule has 1 atom stereocenters. The van der Waals surface area contributed by atoms with E-state index in [1.807, 2.05) is 0 Å². The summed E-state index contributed by atoms with van der Waals surface area (Å²) in [6.45, 7) is 7.82. The second kappa shape index (κ2) is 12.6. The van der Waals surface area contributed by atoms with Gasteiger partial charge in [0.25, 0.3) is 0 Å². The van der Waals surface area contributed by atoms with Crippen molar-refractivity contribution in [3.05, 3.63) is 0 Å². The third-order valence-electron chi connectivity index (χ3n) is 7.01. The van der Waals surface area contributed by atoms with Crippen LogP contribution in [0.2, 0.25) is 0 Å². The molecule has 0 aromatic carbocycles. The number of hydrogen-bond acceptors (Lipinski definition) is 0. The number of quaternary nitrogens is 1. The molecule has 3 saturated heterocycles. The summed E-state index contributed by atoms with van der Waals surface area (Å²) in [5.74, 6) is 0.845. The summed E-state index contributed by atoms with van der Waals surface area (Å²) in [6.07, 6.45) is 23.2. The number of fused-ring (bicyclic) bond motifs is 3. The van der Waals surface area contributed by atoms with E-state index < -0.39 is 0 Å². The molecule has 148 valence electrons. The molecular weight excluding hydrogens is 326 g/mol. The van der Waals surface area contributed by atoms with Crippen LogP contribution in [0.15, 0.2) is 0 Å². The Morgan fingerprint density at radius 1 is 0.680 bits per heavy atom. The first-order valence-electron chi connectivity index (χ1n) is 11.7. The van der Waals surface area contributed by atoms with Crippen molar-refractivity contribution < 1.29 is 4.48 Å². The van der Waals surface area contributed by atoms with E-state index in [2.05, 4.69) is 6.92 Å². The normalized spacial score (nSPS) is 28.6. The summed E-state index contributed by atoms with van der Waals surface area (Å²) in [7, 11) is 0.